The lowest BCUT2D eigenvalue weighted by Gasteiger charge is -2.22. The number of hydrogen-bond acceptors (Lipinski definition) is 4. The minimum absolute atomic E-state index is 0.734. The van der Waals surface area contributed by atoms with Crippen molar-refractivity contribution in [2.75, 3.05) is 26.6 Å². The first-order chi connectivity index (χ1) is 5.68. The molecular formula is C6H18O3SSi2. The van der Waals surface area contributed by atoms with Gasteiger partial charge in [-0.25, -0.2) is 0 Å². The third-order valence-corrected chi connectivity index (χ3v) is 7.50. The largest absolute Gasteiger partial charge is 0.457 e. The molecule has 0 aromatic rings. The molecule has 0 aromatic heterocycles. The fourth-order valence-electron chi connectivity index (χ4n) is 0.673. The van der Waals surface area contributed by atoms with Crippen molar-refractivity contribution in [3.8, 4) is 0 Å². The number of rotatable bonds is 7. The normalized spacial score (nSPS) is 12.2. The van der Waals surface area contributed by atoms with Crippen LogP contribution in [0.5, 0.6) is 0 Å². The van der Waals surface area contributed by atoms with Gasteiger partial charge in [0.1, 0.15) is 9.76 Å². The molecule has 0 saturated carbocycles. The Kier molecular flexibility index (Phi) is 7.50. The summed E-state index contributed by atoms with van der Waals surface area (Å²) in [6.07, 6.45) is 2.12. The highest BCUT2D eigenvalue weighted by atomic mass is 32.1. The van der Waals surface area contributed by atoms with E-state index in [1.165, 1.54) is 0 Å². The van der Waals surface area contributed by atoms with E-state index in [0.29, 0.717) is 0 Å². The van der Waals surface area contributed by atoms with Crippen LogP contribution in [0.25, 0.3) is 0 Å². The Balaban J connectivity index is 3.45. The fourth-order valence-corrected chi connectivity index (χ4v) is 2.43. The lowest BCUT2D eigenvalue weighted by molar-refractivity contribution is 0.121. The zero-order valence-electron chi connectivity index (χ0n) is 8.00. The van der Waals surface area contributed by atoms with Crippen molar-refractivity contribution in [2.24, 2.45) is 0 Å². The van der Waals surface area contributed by atoms with Gasteiger partial charge >= 0.3 is 8.32 Å². The molecule has 0 fully saturated rings. The molecule has 0 N–H and O–H groups in total. The molecule has 0 aliphatic carbocycles. The average Bonchev–Trinajstić information content (AvgIpc) is 2.12. The van der Waals surface area contributed by atoms with Crippen LogP contribution >= 0.6 is 12.6 Å². The van der Waals surface area contributed by atoms with E-state index in [1.807, 2.05) is 0 Å². The molecule has 6 heteroatoms. The van der Waals surface area contributed by atoms with Crippen LogP contribution in [0.2, 0.25) is 0 Å². The van der Waals surface area contributed by atoms with E-state index in [0.717, 1.165) is 35.0 Å². The second-order valence-corrected chi connectivity index (χ2v) is 9.50. The summed E-state index contributed by atoms with van der Waals surface area (Å²) in [5.74, 6) is 0.916. The van der Waals surface area contributed by atoms with Crippen LogP contribution in [0.3, 0.4) is 0 Å². The summed E-state index contributed by atoms with van der Waals surface area (Å²) in [6, 6.07) is 0. The minimum atomic E-state index is -2.13. The summed E-state index contributed by atoms with van der Waals surface area (Å²) >= 11 is 4.11. The van der Waals surface area contributed by atoms with Crippen LogP contribution < -0.4 is 0 Å². The van der Waals surface area contributed by atoms with Crippen molar-refractivity contribution in [1.82, 2.24) is 0 Å². The molecule has 74 valence electrons. The van der Waals surface area contributed by atoms with Crippen molar-refractivity contribution in [3.05, 3.63) is 0 Å². The third kappa shape index (κ3) is 5.33. The van der Waals surface area contributed by atoms with Crippen molar-refractivity contribution in [3.63, 3.8) is 0 Å². The lowest BCUT2D eigenvalue weighted by atomic mass is 10.4. The SMILES string of the molecule is CO[Si]([SiH3])(OC)OCCCCS. The molecule has 0 aromatic carbocycles. The number of unbranched alkanes of at least 4 members (excludes halogenated alkanes) is 1. The maximum absolute atomic E-state index is 5.55. The van der Waals surface area contributed by atoms with Crippen molar-refractivity contribution in [1.29, 1.82) is 0 Å². The molecule has 0 amide bonds. The van der Waals surface area contributed by atoms with Gasteiger partial charge in [0.25, 0.3) is 0 Å². The summed E-state index contributed by atoms with van der Waals surface area (Å²) in [4.78, 5) is 0. The highest BCUT2D eigenvalue weighted by Crippen LogP contribution is 2.03. The predicted octanol–water partition coefficient (Wildman–Crippen LogP) is -0.193. The molecular weight excluding hydrogens is 208 g/mol. The second-order valence-electron chi connectivity index (χ2n) is 2.55. The van der Waals surface area contributed by atoms with E-state index in [2.05, 4.69) is 12.6 Å². The summed E-state index contributed by atoms with van der Waals surface area (Å²) in [5, 5.41) is 0. The lowest BCUT2D eigenvalue weighted by Crippen LogP contribution is -2.45. The highest BCUT2D eigenvalue weighted by Gasteiger charge is 2.30. The maximum Gasteiger partial charge on any atom is 0.457 e. The molecule has 0 rings (SSSR count). The molecule has 0 spiro atoms. The van der Waals surface area contributed by atoms with Crippen LogP contribution in [0.1, 0.15) is 12.8 Å². The van der Waals surface area contributed by atoms with Crippen LogP contribution in [0.4, 0.5) is 0 Å². The van der Waals surface area contributed by atoms with Gasteiger partial charge < -0.3 is 13.3 Å². The van der Waals surface area contributed by atoms with E-state index in [4.69, 9.17) is 13.3 Å². The van der Waals surface area contributed by atoms with Crippen LogP contribution in [0, 0.1) is 0 Å². The zero-order chi connectivity index (χ0) is 9.45. The molecule has 0 atom stereocenters. The smallest absolute Gasteiger partial charge is 0.380 e. The summed E-state index contributed by atoms with van der Waals surface area (Å²) < 4.78 is 16.0. The van der Waals surface area contributed by atoms with Crippen molar-refractivity contribution in [2.45, 2.75) is 12.8 Å². The van der Waals surface area contributed by atoms with E-state index < -0.39 is 8.32 Å². The molecule has 0 saturated heterocycles. The Bertz CT molecular complexity index is 111. The fraction of sp³-hybridized carbons (Fsp3) is 1.00. The third-order valence-electron chi connectivity index (χ3n) is 1.66. The summed E-state index contributed by atoms with van der Waals surface area (Å²) in [7, 11) is 2.02. The quantitative estimate of drug-likeness (QED) is 0.370. The Morgan fingerprint density at radius 3 is 2.25 bits per heavy atom. The molecule has 0 aliphatic rings. The molecule has 0 heterocycles. The van der Waals surface area contributed by atoms with Gasteiger partial charge in [-0.3, -0.25) is 0 Å². The topological polar surface area (TPSA) is 27.7 Å². The Labute approximate surface area is 83.8 Å². The molecule has 0 radical (unpaired) electrons. The average molecular weight is 226 g/mol. The monoisotopic (exact) mass is 226 g/mol. The van der Waals surface area contributed by atoms with E-state index >= 15 is 0 Å². The van der Waals surface area contributed by atoms with Gasteiger partial charge in [-0.2, -0.15) is 12.6 Å². The molecule has 0 aliphatic heterocycles. The molecule has 0 bridgehead atoms. The highest BCUT2D eigenvalue weighted by molar-refractivity contribution is 7.80. The second kappa shape index (κ2) is 7.10. The first kappa shape index (κ1) is 12.7. The van der Waals surface area contributed by atoms with Crippen LogP contribution in [-0.4, -0.2) is 44.7 Å². The Hall–Kier alpha value is 0.664. The molecule has 3 nitrogen and oxygen atoms in total. The first-order valence-electron chi connectivity index (χ1n) is 4.03. The van der Waals surface area contributed by atoms with Gasteiger partial charge in [0.05, 0.1) is 0 Å². The summed E-state index contributed by atoms with van der Waals surface area (Å²) in [6.45, 7) is 0.734. The predicted molar refractivity (Wildman–Crippen MR) is 58.8 cm³/mol. The van der Waals surface area contributed by atoms with Gasteiger partial charge in [0, 0.05) is 20.8 Å². The van der Waals surface area contributed by atoms with Crippen molar-refractivity contribution < 1.29 is 13.3 Å². The number of thiol groups is 1. The van der Waals surface area contributed by atoms with Crippen molar-refractivity contribution >= 4 is 30.7 Å². The number of hydrogen-bond donors (Lipinski definition) is 1. The molecule has 12 heavy (non-hydrogen) atoms. The van der Waals surface area contributed by atoms with Gasteiger partial charge in [-0.15, -0.1) is 0 Å². The first-order valence-corrected chi connectivity index (χ1v) is 9.89. The van der Waals surface area contributed by atoms with Crippen LogP contribution in [0.15, 0.2) is 0 Å². The van der Waals surface area contributed by atoms with Gasteiger partial charge in [-0.05, 0) is 18.6 Å². The minimum Gasteiger partial charge on any atom is -0.380 e. The van der Waals surface area contributed by atoms with E-state index in [-0.39, 0.29) is 0 Å². The zero-order valence-corrected chi connectivity index (χ0v) is 11.9. The van der Waals surface area contributed by atoms with Gasteiger partial charge in [0.2, 0.25) is 0 Å². The molecule has 0 unspecified atom stereocenters. The standard InChI is InChI=1S/C6H18O3SSi2/c1-7-12(11,8-2)9-5-3-4-6-10/h10H,3-6H2,1-2,11H3. The van der Waals surface area contributed by atoms with E-state index in [1.54, 1.807) is 14.2 Å². The van der Waals surface area contributed by atoms with Crippen LogP contribution in [-0.2, 0) is 13.3 Å². The Morgan fingerprint density at radius 2 is 1.83 bits per heavy atom. The summed E-state index contributed by atoms with van der Waals surface area (Å²) in [5.41, 5.74) is 0. The Morgan fingerprint density at radius 1 is 1.25 bits per heavy atom. The van der Waals surface area contributed by atoms with Gasteiger partial charge in [-0.1, -0.05) is 0 Å². The maximum atomic E-state index is 5.55. The van der Waals surface area contributed by atoms with E-state index in [9.17, 15) is 0 Å². The van der Waals surface area contributed by atoms with Gasteiger partial charge in [0.15, 0.2) is 0 Å².